The standard InChI is InChI=1S/C15H20IN5OS/c1-4-13-19-20-15(21(13)17)23-8-14(22)18-12-6-5-10(16)7-11(12)9(2)3/h5-7,9H,4,8,17H2,1-3H3,(H,18,22). The van der Waals surface area contributed by atoms with Crippen LogP contribution in [0.1, 0.15) is 38.1 Å². The quantitative estimate of drug-likeness (QED) is 0.406. The summed E-state index contributed by atoms with van der Waals surface area (Å²) in [7, 11) is 0. The van der Waals surface area contributed by atoms with Gasteiger partial charge in [0.2, 0.25) is 11.1 Å². The fourth-order valence-electron chi connectivity index (χ4n) is 2.09. The van der Waals surface area contributed by atoms with Crippen LogP contribution in [0.15, 0.2) is 23.4 Å². The van der Waals surface area contributed by atoms with Crippen molar-refractivity contribution in [2.75, 3.05) is 16.9 Å². The molecule has 124 valence electrons. The van der Waals surface area contributed by atoms with E-state index in [-0.39, 0.29) is 11.7 Å². The predicted octanol–water partition coefficient (Wildman–Crippen LogP) is 3.01. The predicted molar refractivity (Wildman–Crippen MR) is 102 cm³/mol. The van der Waals surface area contributed by atoms with Crippen LogP contribution in [0.4, 0.5) is 5.69 Å². The molecular weight excluding hydrogens is 425 g/mol. The van der Waals surface area contributed by atoms with Crippen LogP contribution in [0.5, 0.6) is 0 Å². The molecule has 1 aromatic carbocycles. The maximum Gasteiger partial charge on any atom is 0.234 e. The van der Waals surface area contributed by atoms with Crippen LogP contribution in [0.2, 0.25) is 0 Å². The smallest absolute Gasteiger partial charge is 0.234 e. The molecule has 0 atom stereocenters. The van der Waals surface area contributed by atoms with E-state index in [1.54, 1.807) is 0 Å². The Labute approximate surface area is 153 Å². The van der Waals surface area contributed by atoms with Gasteiger partial charge in [0.05, 0.1) is 5.75 Å². The highest BCUT2D eigenvalue weighted by atomic mass is 127. The van der Waals surface area contributed by atoms with Crippen LogP contribution in [-0.2, 0) is 11.2 Å². The van der Waals surface area contributed by atoms with Gasteiger partial charge in [-0.3, -0.25) is 4.79 Å². The highest BCUT2D eigenvalue weighted by Crippen LogP contribution is 2.26. The van der Waals surface area contributed by atoms with Crippen molar-refractivity contribution in [1.29, 1.82) is 0 Å². The summed E-state index contributed by atoms with van der Waals surface area (Å²) >= 11 is 3.55. The summed E-state index contributed by atoms with van der Waals surface area (Å²) < 4.78 is 2.59. The van der Waals surface area contributed by atoms with E-state index in [1.165, 1.54) is 16.4 Å². The third-order valence-corrected chi connectivity index (χ3v) is 4.91. The van der Waals surface area contributed by atoms with Crippen LogP contribution in [0, 0.1) is 3.57 Å². The summed E-state index contributed by atoms with van der Waals surface area (Å²) in [5.74, 6) is 7.07. The van der Waals surface area contributed by atoms with Gasteiger partial charge in [0.25, 0.3) is 0 Å². The first-order chi connectivity index (χ1) is 10.9. The molecule has 23 heavy (non-hydrogen) atoms. The van der Waals surface area contributed by atoms with Crippen LogP contribution in [0.3, 0.4) is 0 Å². The molecule has 3 N–H and O–H groups in total. The van der Waals surface area contributed by atoms with Crippen molar-refractivity contribution < 1.29 is 4.79 Å². The molecule has 0 spiro atoms. The largest absolute Gasteiger partial charge is 0.336 e. The Morgan fingerprint density at radius 1 is 1.43 bits per heavy atom. The maximum absolute atomic E-state index is 12.2. The molecule has 0 aliphatic heterocycles. The zero-order chi connectivity index (χ0) is 17.0. The summed E-state index contributed by atoms with van der Waals surface area (Å²) in [6, 6.07) is 6.03. The molecule has 0 radical (unpaired) electrons. The minimum atomic E-state index is -0.0841. The molecule has 0 saturated carbocycles. The average Bonchev–Trinajstić information content (AvgIpc) is 2.87. The van der Waals surface area contributed by atoms with Crippen molar-refractivity contribution in [3.63, 3.8) is 0 Å². The minimum absolute atomic E-state index is 0.0841. The SMILES string of the molecule is CCc1nnc(SCC(=O)Nc2ccc(I)cc2C(C)C)n1N. The van der Waals surface area contributed by atoms with Crippen molar-refractivity contribution in [2.24, 2.45) is 0 Å². The molecule has 6 nitrogen and oxygen atoms in total. The van der Waals surface area contributed by atoms with E-state index in [0.717, 1.165) is 14.8 Å². The van der Waals surface area contributed by atoms with Gasteiger partial charge in [0.1, 0.15) is 0 Å². The zero-order valence-electron chi connectivity index (χ0n) is 13.3. The van der Waals surface area contributed by atoms with E-state index >= 15 is 0 Å². The molecular formula is C15H20IN5OS. The number of anilines is 1. The number of halogens is 1. The lowest BCUT2D eigenvalue weighted by Gasteiger charge is -2.14. The van der Waals surface area contributed by atoms with Crippen molar-refractivity contribution >= 4 is 45.9 Å². The van der Waals surface area contributed by atoms with Gasteiger partial charge in [-0.25, -0.2) is 4.68 Å². The van der Waals surface area contributed by atoms with Gasteiger partial charge in [-0.05, 0) is 52.3 Å². The number of aromatic nitrogens is 3. The number of hydrogen-bond acceptors (Lipinski definition) is 5. The second kappa shape index (κ2) is 8.00. The molecule has 0 aliphatic rings. The first-order valence-electron chi connectivity index (χ1n) is 7.33. The Balaban J connectivity index is 2.01. The first-order valence-corrected chi connectivity index (χ1v) is 9.40. The number of nitrogen functional groups attached to an aromatic ring is 1. The molecule has 8 heteroatoms. The molecule has 0 unspecified atom stereocenters. The highest BCUT2D eigenvalue weighted by Gasteiger charge is 2.13. The monoisotopic (exact) mass is 445 g/mol. The van der Waals surface area contributed by atoms with Gasteiger partial charge < -0.3 is 11.2 Å². The molecule has 2 rings (SSSR count). The third kappa shape index (κ3) is 4.60. The molecule has 0 aliphatic carbocycles. The summed E-state index contributed by atoms with van der Waals surface area (Å²) in [5, 5.41) is 11.5. The number of hydrogen-bond donors (Lipinski definition) is 2. The van der Waals surface area contributed by atoms with E-state index in [2.05, 4.69) is 58.0 Å². The lowest BCUT2D eigenvalue weighted by molar-refractivity contribution is -0.113. The molecule has 0 fully saturated rings. The first kappa shape index (κ1) is 18.1. The Hall–Kier alpha value is -1.29. The van der Waals surface area contributed by atoms with Gasteiger partial charge in [-0.1, -0.05) is 32.5 Å². The minimum Gasteiger partial charge on any atom is -0.336 e. The van der Waals surface area contributed by atoms with Crippen LogP contribution >= 0.6 is 34.4 Å². The van der Waals surface area contributed by atoms with Gasteiger partial charge in [-0.2, -0.15) is 0 Å². The number of rotatable bonds is 6. The number of carbonyl (C=O) groups is 1. The number of nitrogens with one attached hydrogen (secondary N) is 1. The van der Waals surface area contributed by atoms with Crippen LogP contribution in [-0.4, -0.2) is 26.5 Å². The average molecular weight is 445 g/mol. The van der Waals surface area contributed by atoms with Gasteiger partial charge >= 0.3 is 0 Å². The summed E-state index contributed by atoms with van der Waals surface area (Å²) in [6.45, 7) is 6.18. The normalized spacial score (nSPS) is 11.0. The zero-order valence-corrected chi connectivity index (χ0v) is 16.3. The lowest BCUT2D eigenvalue weighted by atomic mass is 10.0. The molecule has 1 heterocycles. The van der Waals surface area contributed by atoms with Crippen LogP contribution < -0.4 is 11.2 Å². The second-order valence-corrected chi connectivity index (χ2v) is 7.53. The van der Waals surface area contributed by atoms with Crippen molar-refractivity contribution in [3.8, 4) is 0 Å². The highest BCUT2D eigenvalue weighted by molar-refractivity contribution is 14.1. The summed E-state index contributed by atoms with van der Waals surface area (Å²) in [6.07, 6.45) is 0.705. The molecule has 0 bridgehead atoms. The second-order valence-electron chi connectivity index (χ2n) is 5.35. The number of thioether (sulfide) groups is 1. The summed E-state index contributed by atoms with van der Waals surface area (Å²) in [4.78, 5) is 12.2. The number of aryl methyl sites for hydroxylation is 1. The van der Waals surface area contributed by atoms with Gasteiger partial charge in [0, 0.05) is 15.7 Å². The van der Waals surface area contributed by atoms with Crippen molar-refractivity contribution in [2.45, 2.75) is 38.3 Å². The fraction of sp³-hybridized carbons (Fsp3) is 0.400. The van der Waals surface area contributed by atoms with Gasteiger partial charge in [0.15, 0.2) is 5.82 Å². The molecule has 1 aromatic heterocycles. The van der Waals surface area contributed by atoms with E-state index < -0.39 is 0 Å². The Bertz CT molecular complexity index is 701. The lowest BCUT2D eigenvalue weighted by Crippen LogP contribution is -2.18. The number of nitrogens with two attached hydrogens (primary N) is 1. The summed E-state index contributed by atoms with van der Waals surface area (Å²) in [5.41, 5.74) is 1.99. The molecule has 0 saturated heterocycles. The van der Waals surface area contributed by atoms with Crippen molar-refractivity contribution in [3.05, 3.63) is 33.2 Å². The van der Waals surface area contributed by atoms with E-state index in [1.807, 2.05) is 19.1 Å². The number of carbonyl (C=O) groups excluding carboxylic acids is 1. The Kier molecular flexibility index (Phi) is 6.28. The topological polar surface area (TPSA) is 85.8 Å². The van der Waals surface area contributed by atoms with Gasteiger partial charge in [-0.15, -0.1) is 10.2 Å². The van der Waals surface area contributed by atoms with E-state index in [0.29, 0.717) is 23.3 Å². The Morgan fingerprint density at radius 2 is 2.17 bits per heavy atom. The van der Waals surface area contributed by atoms with E-state index in [9.17, 15) is 4.79 Å². The number of nitrogens with zero attached hydrogens (tertiary/aromatic N) is 3. The maximum atomic E-state index is 12.2. The fourth-order valence-corrected chi connectivity index (χ4v) is 3.28. The van der Waals surface area contributed by atoms with E-state index in [4.69, 9.17) is 5.84 Å². The number of amides is 1. The molecule has 2 aromatic rings. The third-order valence-electron chi connectivity index (χ3n) is 3.29. The van der Waals surface area contributed by atoms with Crippen LogP contribution in [0.25, 0.3) is 0 Å². The molecule has 1 amide bonds. The van der Waals surface area contributed by atoms with Crippen molar-refractivity contribution in [1.82, 2.24) is 14.9 Å². The Morgan fingerprint density at radius 3 is 2.78 bits per heavy atom. The number of benzene rings is 1.